The van der Waals surface area contributed by atoms with Gasteiger partial charge in [0.05, 0.1) is 24.5 Å². The van der Waals surface area contributed by atoms with Crippen molar-refractivity contribution < 1.29 is 17.9 Å². The molecule has 1 saturated carbocycles. The molecule has 1 N–H and O–H groups in total. The lowest BCUT2D eigenvalue weighted by Gasteiger charge is -2.28. The smallest absolute Gasteiger partial charge is 0.316 e. The minimum absolute atomic E-state index is 0.0328. The third-order valence-corrected chi connectivity index (χ3v) is 6.25. The summed E-state index contributed by atoms with van der Waals surface area (Å²) in [7, 11) is -2.33. The van der Waals surface area contributed by atoms with Crippen LogP contribution in [0.5, 0.6) is 11.8 Å². The first-order valence-electron chi connectivity index (χ1n) is 8.37. The number of rotatable bonds is 6. The number of nitrogens with one attached hydrogen (secondary N) is 1. The summed E-state index contributed by atoms with van der Waals surface area (Å²) in [6.07, 6.45) is 5.54. The van der Waals surface area contributed by atoms with Crippen molar-refractivity contribution in [3.63, 3.8) is 0 Å². The number of aromatic nitrogens is 2. The molecular formula is C17H19Cl2N3O4S. The summed E-state index contributed by atoms with van der Waals surface area (Å²) in [5.74, 6) is 0.254. The van der Waals surface area contributed by atoms with Crippen LogP contribution >= 0.6 is 23.2 Å². The lowest BCUT2D eigenvalue weighted by molar-refractivity contribution is 0.132. The summed E-state index contributed by atoms with van der Waals surface area (Å²) in [4.78, 5) is 8.06. The molecule has 27 heavy (non-hydrogen) atoms. The fourth-order valence-corrected chi connectivity index (χ4v) is 4.79. The topological polar surface area (TPSA) is 90.4 Å². The molecule has 1 aliphatic carbocycles. The van der Waals surface area contributed by atoms with Gasteiger partial charge in [-0.15, -0.1) is 0 Å². The van der Waals surface area contributed by atoms with E-state index in [0.29, 0.717) is 35.7 Å². The van der Waals surface area contributed by atoms with Crippen molar-refractivity contribution in [1.82, 2.24) is 14.7 Å². The predicted molar refractivity (Wildman–Crippen MR) is 102 cm³/mol. The average molecular weight is 432 g/mol. The number of sulfonamides is 1. The average Bonchev–Trinajstić information content (AvgIpc) is 2.65. The van der Waals surface area contributed by atoms with Crippen molar-refractivity contribution in [3.05, 3.63) is 40.6 Å². The number of hydrogen-bond acceptors (Lipinski definition) is 6. The Hall–Kier alpha value is -1.61. The molecule has 0 atom stereocenters. The minimum Gasteiger partial charge on any atom is -0.495 e. The molecule has 2 aromatic rings. The Morgan fingerprint density at radius 3 is 2.37 bits per heavy atom. The van der Waals surface area contributed by atoms with E-state index in [0.717, 1.165) is 0 Å². The van der Waals surface area contributed by atoms with Gasteiger partial charge < -0.3 is 9.47 Å². The van der Waals surface area contributed by atoms with Gasteiger partial charge in [-0.25, -0.2) is 23.1 Å². The van der Waals surface area contributed by atoms with E-state index in [1.807, 2.05) is 0 Å². The molecule has 1 aliphatic rings. The van der Waals surface area contributed by atoms with Gasteiger partial charge >= 0.3 is 6.01 Å². The molecule has 1 fully saturated rings. The minimum atomic E-state index is -3.75. The molecule has 0 spiro atoms. The highest BCUT2D eigenvalue weighted by Gasteiger charge is 2.28. The molecule has 1 aromatic carbocycles. The van der Waals surface area contributed by atoms with Gasteiger partial charge in [0.2, 0.25) is 10.0 Å². The normalized spacial score (nSPS) is 20.3. The second-order valence-corrected chi connectivity index (χ2v) is 8.75. The van der Waals surface area contributed by atoms with E-state index in [1.54, 1.807) is 6.07 Å². The molecule has 0 amide bonds. The van der Waals surface area contributed by atoms with Crippen molar-refractivity contribution in [3.8, 4) is 11.8 Å². The molecule has 7 nitrogen and oxygen atoms in total. The lowest BCUT2D eigenvalue weighted by atomic mass is 9.94. The van der Waals surface area contributed by atoms with Crippen molar-refractivity contribution in [2.24, 2.45) is 0 Å². The second kappa shape index (κ2) is 8.60. The maximum Gasteiger partial charge on any atom is 0.316 e. The van der Waals surface area contributed by atoms with Crippen LogP contribution in [0.4, 0.5) is 0 Å². The van der Waals surface area contributed by atoms with Crippen LogP contribution in [-0.4, -0.2) is 37.6 Å². The predicted octanol–water partition coefficient (Wildman–Crippen LogP) is 3.46. The van der Waals surface area contributed by atoms with Crippen molar-refractivity contribution in [2.75, 3.05) is 7.11 Å². The van der Waals surface area contributed by atoms with Crippen LogP contribution in [0.2, 0.25) is 10.0 Å². The van der Waals surface area contributed by atoms with Crippen LogP contribution in [-0.2, 0) is 10.0 Å². The first-order valence-corrected chi connectivity index (χ1v) is 10.6. The van der Waals surface area contributed by atoms with E-state index < -0.39 is 10.0 Å². The van der Waals surface area contributed by atoms with Crippen LogP contribution in [0.25, 0.3) is 0 Å². The van der Waals surface area contributed by atoms with Crippen LogP contribution in [0.3, 0.4) is 0 Å². The molecule has 0 saturated heterocycles. The zero-order valence-corrected chi connectivity index (χ0v) is 16.9. The van der Waals surface area contributed by atoms with E-state index >= 15 is 0 Å². The second-order valence-electron chi connectivity index (χ2n) is 6.19. The number of ether oxygens (including phenoxy) is 2. The summed E-state index contributed by atoms with van der Waals surface area (Å²) in [6.45, 7) is 0. The number of methoxy groups -OCH3 is 1. The number of hydrogen-bond donors (Lipinski definition) is 1. The zero-order valence-electron chi connectivity index (χ0n) is 14.6. The summed E-state index contributed by atoms with van der Waals surface area (Å²) in [5, 5.41) is 0.771. The third kappa shape index (κ3) is 5.22. The maximum atomic E-state index is 12.7. The van der Waals surface area contributed by atoms with E-state index in [2.05, 4.69) is 14.7 Å². The third-order valence-electron chi connectivity index (χ3n) is 4.28. The van der Waals surface area contributed by atoms with Gasteiger partial charge in [-0.05, 0) is 43.9 Å². The quantitative estimate of drug-likeness (QED) is 0.752. The van der Waals surface area contributed by atoms with Gasteiger partial charge in [0.1, 0.15) is 16.7 Å². The summed E-state index contributed by atoms with van der Waals surface area (Å²) >= 11 is 11.7. The van der Waals surface area contributed by atoms with Gasteiger partial charge in [0.15, 0.2) is 0 Å². The Bertz CT molecular complexity index is 886. The molecule has 0 aliphatic heterocycles. The fraction of sp³-hybridized carbons (Fsp3) is 0.412. The Balaban J connectivity index is 1.60. The monoisotopic (exact) mass is 431 g/mol. The van der Waals surface area contributed by atoms with E-state index in [1.165, 1.54) is 31.6 Å². The van der Waals surface area contributed by atoms with E-state index in [9.17, 15) is 8.42 Å². The van der Waals surface area contributed by atoms with Crippen molar-refractivity contribution in [2.45, 2.75) is 42.7 Å². The molecular weight excluding hydrogens is 413 g/mol. The highest BCUT2D eigenvalue weighted by atomic mass is 35.5. The fourth-order valence-electron chi connectivity index (χ4n) is 2.95. The van der Waals surface area contributed by atoms with Crippen LogP contribution in [0.1, 0.15) is 25.7 Å². The van der Waals surface area contributed by atoms with E-state index in [-0.39, 0.29) is 28.8 Å². The largest absolute Gasteiger partial charge is 0.495 e. The molecule has 0 bridgehead atoms. The standard InChI is InChI=1S/C17H19Cl2N3O4S/c1-25-15-7-2-11(18)8-16(15)27(23,24)22-13-3-5-14(6-4-13)26-17-20-9-12(19)10-21-17/h2,7-10,13-14,22H,3-6H2,1H3. The lowest BCUT2D eigenvalue weighted by Crippen LogP contribution is -2.39. The van der Waals surface area contributed by atoms with Crippen LogP contribution < -0.4 is 14.2 Å². The number of nitrogens with zero attached hydrogens (tertiary/aromatic N) is 2. The molecule has 1 aromatic heterocycles. The number of halogens is 2. The zero-order chi connectivity index (χ0) is 19.4. The maximum absolute atomic E-state index is 12.7. The molecule has 3 rings (SSSR count). The van der Waals surface area contributed by atoms with Gasteiger partial charge in [-0.1, -0.05) is 23.2 Å². The van der Waals surface area contributed by atoms with Gasteiger partial charge in [0, 0.05) is 11.1 Å². The van der Waals surface area contributed by atoms with Crippen molar-refractivity contribution >= 4 is 33.2 Å². The summed E-state index contributed by atoms with van der Waals surface area (Å²) in [6, 6.07) is 4.58. The number of benzene rings is 1. The molecule has 0 unspecified atom stereocenters. The highest BCUT2D eigenvalue weighted by molar-refractivity contribution is 7.89. The first-order chi connectivity index (χ1) is 12.9. The summed E-state index contributed by atoms with van der Waals surface area (Å²) < 4.78 is 39.1. The van der Waals surface area contributed by atoms with Crippen LogP contribution in [0, 0.1) is 0 Å². The van der Waals surface area contributed by atoms with Gasteiger partial charge in [-0.3, -0.25) is 0 Å². The Kier molecular flexibility index (Phi) is 6.41. The summed E-state index contributed by atoms with van der Waals surface area (Å²) in [5.41, 5.74) is 0. The first kappa shape index (κ1) is 20.1. The molecule has 0 radical (unpaired) electrons. The Labute approximate surface area is 168 Å². The van der Waals surface area contributed by atoms with E-state index in [4.69, 9.17) is 32.7 Å². The van der Waals surface area contributed by atoms with Crippen LogP contribution in [0.15, 0.2) is 35.5 Å². The SMILES string of the molecule is COc1ccc(Cl)cc1S(=O)(=O)NC1CCC(Oc2ncc(Cl)cn2)CC1. The Morgan fingerprint density at radius 2 is 1.74 bits per heavy atom. The molecule has 1 heterocycles. The van der Waals surface area contributed by atoms with Gasteiger partial charge in [0.25, 0.3) is 0 Å². The highest BCUT2D eigenvalue weighted by Crippen LogP contribution is 2.29. The Morgan fingerprint density at radius 1 is 1.07 bits per heavy atom. The molecule has 146 valence electrons. The van der Waals surface area contributed by atoms with Gasteiger partial charge in [-0.2, -0.15) is 0 Å². The molecule has 10 heteroatoms. The van der Waals surface area contributed by atoms with Crippen molar-refractivity contribution in [1.29, 1.82) is 0 Å².